The molecule has 3 N–H and O–H groups in total. The third kappa shape index (κ3) is 4.27. The highest BCUT2D eigenvalue weighted by atomic mass is 35.5. The molecule has 1 rings (SSSR count). The number of halogens is 4. The smallest absolute Gasteiger partial charge is 0.181 e. The molecule has 0 saturated carbocycles. The summed E-state index contributed by atoms with van der Waals surface area (Å²) in [5.74, 6) is 0. The van der Waals surface area contributed by atoms with Crippen molar-refractivity contribution in [1.29, 1.82) is 0 Å². The average molecular weight is 285 g/mol. The largest absolute Gasteiger partial charge is 0.361 e. The second kappa shape index (κ2) is 6.96. The zero-order chi connectivity index (χ0) is 12.8. The number of aliphatic hydroxyl groups is 1. The maximum absolute atomic E-state index is 12.4. The maximum atomic E-state index is 12.4. The van der Waals surface area contributed by atoms with Crippen molar-refractivity contribution >= 4 is 28.9 Å². The highest BCUT2D eigenvalue weighted by Crippen LogP contribution is 2.32. The van der Waals surface area contributed by atoms with Crippen molar-refractivity contribution in [3.05, 3.63) is 27.7 Å². The van der Waals surface area contributed by atoms with Gasteiger partial charge in [-0.1, -0.05) is 23.2 Å². The van der Waals surface area contributed by atoms with Crippen LogP contribution in [0.4, 0.5) is 14.5 Å². The van der Waals surface area contributed by atoms with Gasteiger partial charge < -0.3 is 10.4 Å². The molecule has 7 heteroatoms. The molecule has 1 aromatic rings. The number of aliphatic hydroxyl groups excluding tert-OH is 1. The Bertz CT molecular complexity index is 356. The molecule has 3 nitrogen and oxygen atoms in total. The van der Waals surface area contributed by atoms with Gasteiger partial charge >= 0.3 is 0 Å². The number of nitrogens with one attached hydrogen (secondary N) is 2. The van der Waals surface area contributed by atoms with E-state index in [1.807, 2.05) is 0 Å². The topological polar surface area (TPSA) is 44.3 Å². The van der Waals surface area contributed by atoms with E-state index in [1.165, 1.54) is 12.1 Å². The second-order valence-corrected chi connectivity index (χ2v) is 4.07. The van der Waals surface area contributed by atoms with Crippen LogP contribution in [0, 0.1) is 0 Å². The molecule has 0 radical (unpaired) electrons. The van der Waals surface area contributed by atoms with Gasteiger partial charge in [-0.05, 0) is 17.7 Å². The summed E-state index contributed by atoms with van der Waals surface area (Å²) in [7, 11) is 0. The Kier molecular flexibility index (Phi) is 5.91. The van der Waals surface area contributed by atoms with E-state index >= 15 is 0 Å². The lowest BCUT2D eigenvalue weighted by Crippen LogP contribution is -2.37. The summed E-state index contributed by atoms with van der Waals surface area (Å²) in [5.41, 5.74) is 0.612. The van der Waals surface area contributed by atoms with Gasteiger partial charge in [0.1, 0.15) is 13.3 Å². The minimum Gasteiger partial charge on any atom is -0.361 e. The standard InChI is InChI=1S/C10H12Cl2F2N2O/c11-7-3-6(5-14)4-8(12)9(7)16-10(17)15-2-1-13/h3-4,10,15-17H,1-2,5H2. The molecule has 1 atom stereocenters. The van der Waals surface area contributed by atoms with Crippen LogP contribution in [0.5, 0.6) is 0 Å². The lowest BCUT2D eigenvalue weighted by Gasteiger charge is -2.17. The Balaban J connectivity index is 2.77. The molecular formula is C10H12Cl2F2N2O. The van der Waals surface area contributed by atoms with Crippen molar-refractivity contribution < 1.29 is 13.9 Å². The first kappa shape index (κ1) is 14.4. The number of anilines is 1. The molecule has 0 aliphatic heterocycles. The summed E-state index contributed by atoms with van der Waals surface area (Å²) in [6, 6.07) is 2.80. The normalized spacial score (nSPS) is 12.5. The summed E-state index contributed by atoms with van der Waals surface area (Å²) < 4.78 is 24.3. The highest BCUT2D eigenvalue weighted by Gasteiger charge is 2.11. The van der Waals surface area contributed by atoms with E-state index in [2.05, 4.69) is 10.6 Å². The molecule has 1 aromatic carbocycles. The van der Waals surface area contributed by atoms with Crippen LogP contribution >= 0.6 is 23.2 Å². The van der Waals surface area contributed by atoms with Crippen LogP contribution in [0.15, 0.2) is 12.1 Å². The highest BCUT2D eigenvalue weighted by molar-refractivity contribution is 6.39. The molecular weight excluding hydrogens is 273 g/mol. The number of rotatable bonds is 6. The molecule has 0 bridgehead atoms. The molecule has 0 fully saturated rings. The second-order valence-electron chi connectivity index (χ2n) is 3.26. The molecule has 96 valence electrons. The summed E-state index contributed by atoms with van der Waals surface area (Å²) in [6.07, 6.45) is -1.18. The fourth-order valence-corrected chi connectivity index (χ4v) is 1.86. The van der Waals surface area contributed by atoms with Crippen molar-refractivity contribution in [2.45, 2.75) is 13.0 Å². The van der Waals surface area contributed by atoms with Gasteiger partial charge in [-0.15, -0.1) is 0 Å². The molecule has 0 aromatic heterocycles. The molecule has 0 amide bonds. The molecule has 0 aliphatic carbocycles. The van der Waals surface area contributed by atoms with E-state index in [0.717, 1.165) is 0 Å². The average Bonchev–Trinajstić information content (AvgIpc) is 2.30. The van der Waals surface area contributed by atoms with Crippen molar-refractivity contribution in [3.63, 3.8) is 0 Å². The minimum absolute atomic E-state index is 0.00797. The van der Waals surface area contributed by atoms with E-state index in [0.29, 0.717) is 5.56 Å². The van der Waals surface area contributed by atoms with Crippen LogP contribution in [0.3, 0.4) is 0 Å². The van der Waals surface area contributed by atoms with Gasteiger partial charge in [0, 0.05) is 6.54 Å². The quantitative estimate of drug-likeness (QED) is 0.704. The summed E-state index contributed by atoms with van der Waals surface area (Å²) in [5, 5.41) is 14.8. The molecule has 17 heavy (non-hydrogen) atoms. The monoisotopic (exact) mass is 284 g/mol. The van der Waals surface area contributed by atoms with Gasteiger partial charge in [0.25, 0.3) is 0 Å². The predicted octanol–water partition coefficient (Wildman–Crippen LogP) is 2.71. The maximum Gasteiger partial charge on any atom is 0.181 e. The van der Waals surface area contributed by atoms with E-state index < -0.39 is 19.7 Å². The third-order valence-corrected chi connectivity index (χ3v) is 2.57. The Morgan fingerprint density at radius 3 is 2.29 bits per heavy atom. The fraction of sp³-hybridized carbons (Fsp3) is 0.400. The van der Waals surface area contributed by atoms with Gasteiger partial charge in [0.15, 0.2) is 6.35 Å². The minimum atomic E-state index is -1.18. The fourth-order valence-electron chi connectivity index (χ4n) is 1.22. The van der Waals surface area contributed by atoms with Crippen molar-refractivity contribution in [1.82, 2.24) is 5.32 Å². The molecule has 0 heterocycles. The van der Waals surface area contributed by atoms with E-state index in [1.54, 1.807) is 0 Å². The zero-order valence-corrected chi connectivity index (χ0v) is 10.3. The van der Waals surface area contributed by atoms with Crippen LogP contribution in [-0.4, -0.2) is 24.7 Å². The van der Waals surface area contributed by atoms with E-state index in [9.17, 15) is 13.9 Å². The van der Waals surface area contributed by atoms with Crippen molar-refractivity contribution in [3.8, 4) is 0 Å². The molecule has 1 unspecified atom stereocenters. The van der Waals surface area contributed by atoms with E-state index in [-0.39, 0.29) is 22.3 Å². The van der Waals surface area contributed by atoms with Crippen LogP contribution < -0.4 is 10.6 Å². The first-order valence-corrected chi connectivity index (χ1v) is 5.62. The predicted molar refractivity (Wildman–Crippen MR) is 64.9 cm³/mol. The number of benzene rings is 1. The Hall–Kier alpha value is -0.620. The number of hydrogen-bond acceptors (Lipinski definition) is 3. The number of alkyl halides is 2. The summed E-state index contributed by atoms with van der Waals surface area (Å²) >= 11 is 11.7. The van der Waals surface area contributed by atoms with Crippen molar-refractivity contribution in [2.24, 2.45) is 0 Å². The summed E-state index contributed by atoms with van der Waals surface area (Å²) in [6.45, 7) is -1.30. The van der Waals surface area contributed by atoms with Crippen LogP contribution in [0.1, 0.15) is 5.56 Å². The van der Waals surface area contributed by atoms with Gasteiger partial charge in [-0.2, -0.15) is 0 Å². The van der Waals surface area contributed by atoms with E-state index in [4.69, 9.17) is 23.2 Å². The Morgan fingerprint density at radius 2 is 1.82 bits per heavy atom. The lowest BCUT2D eigenvalue weighted by molar-refractivity contribution is 0.162. The van der Waals surface area contributed by atoms with Crippen LogP contribution in [-0.2, 0) is 6.67 Å². The van der Waals surface area contributed by atoms with Crippen LogP contribution in [0.25, 0.3) is 0 Å². The van der Waals surface area contributed by atoms with Gasteiger partial charge in [-0.3, -0.25) is 5.32 Å². The van der Waals surface area contributed by atoms with Crippen molar-refractivity contribution in [2.75, 3.05) is 18.5 Å². The lowest BCUT2D eigenvalue weighted by atomic mass is 10.2. The first-order valence-electron chi connectivity index (χ1n) is 4.86. The zero-order valence-electron chi connectivity index (χ0n) is 8.81. The van der Waals surface area contributed by atoms with Crippen LogP contribution in [0.2, 0.25) is 10.0 Å². The Morgan fingerprint density at radius 1 is 1.24 bits per heavy atom. The van der Waals surface area contributed by atoms with Gasteiger partial charge in [0.05, 0.1) is 15.7 Å². The SMILES string of the molecule is OC(NCCF)Nc1c(Cl)cc(CF)cc1Cl. The molecule has 0 saturated heterocycles. The molecule has 0 aliphatic rings. The van der Waals surface area contributed by atoms with Gasteiger partial charge in [-0.25, -0.2) is 8.78 Å². The first-order chi connectivity index (χ1) is 8.08. The van der Waals surface area contributed by atoms with Gasteiger partial charge in [0.2, 0.25) is 0 Å². The third-order valence-electron chi connectivity index (χ3n) is 1.97. The Labute approximate surface area is 108 Å². The molecule has 0 spiro atoms. The number of hydrogen-bond donors (Lipinski definition) is 3. The summed E-state index contributed by atoms with van der Waals surface area (Å²) in [4.78, 5) is 0.